The topological polar surface area (TPSA) is 21.3 Å². The van der Waals surface area contributed by atoms with Crippen molar-refractivity contribution in [1.82, 2.24) is 0 Å². The second kappa shape index (κ2) is 7.19. The maximum atomic E-state index is 5.64. The lowest BCUT2D eigenvalue weighted by Gasteiger charge is -2.10. The molecule has 0 bridgehead atoms. The first-order valence-corrected chi connectivity index (χ1v) is 7.23. The van der Waals surface area contributed by atoms with Crippen LogP contribution in [-0.2, 0) is 0 Å². The molecule has 0 aromatic heterocycles. The Morgan fingerprint density at radius 2 is 1.89 bits per heavy atom. The van der Waals surface area contributed by atoms with Crippen molar-refractivity contribution in [2.45, 2.75) is 13.3 Å². The van der Waals surface area contributed by atoms with Crippen LogP contribution >= 0.6 is 15.9 Å². The molecule has 1 N–H and O–H groups in total. The van der Waals surface area contributed by atoms with Crippen molar-refractivity contribution >= 4 is 21.6 Å². The fourth-order valence-electron chi connectivity index (χ4n) is 1.77. The molecule has 0 amide bonds. The van der Waals surface area contributed by atoms with Gasteiger partial charge in [0.2, 0.25) is 0 Å². The summed E-state index contributed by atoms with van der Waals surface area (Å²) in [6.45, 7) is 3.71. The van der Waals surface area contributed by atoms with E-state index in [2.05, 4.69) is 46.4 Å². The summed E-state index contributed by atoms with van der Waals surface area (Å²) in [5, 5.41) is 3.40. The summed E-state index contributed by atoms with van der Waals surface area (Å²) < 4.78 is 6.75. The highest BCUT2D eigenvalue weighted by Gasteiger charge is 1.99. The molecule has 19 heavy (non-hydrogen) atoms. The van der Waals surface area contributed by atoms with Gasteiger partial charge in [-0.3, -0.25) is 0 Å². The van der Waals surface area contributed by atoms with Crippen molar-refractivity contribution in [2.75, 3.05) is 18.5 Å². The standard InChI is InChI=1S/C16H18BrNO/c1-13-8-9-16(15(17)12-13)18-10-5-11-19-14-6-3-2-4-7-14/h2-4,6-9,12,18H,5,10-11H2,1H3. The molecule has 0 spiro atoms. The van der Waals surface area contributed by atoms with Crippen molar-refractivity contribution in [1.29, 1.82) is 0 Å². The molecule has 0 fully saturated rings. The van der Waals surface area contributed by atoms with Gasteiger partial charge in [-0.25, -0.2) is 0 Å². The average molecular weight is 320 g/mol. The average Bonchev–Trinajstić information content (AvgIpc) is 2.42. The van der Waals surface area contributed by atoms with Crippen LogP contribution in [0.1, 0.15) is 12.0 Å². The fourth-order valence-corrected chi connectivity index (χ4v) is 2.40. The van der Waals surface area contributed by atoms with Crippen LogP contribution in [0, 0.1) is 6.92 Å². The van der Waals surface area contributed by atoms with E-state index in [9.17, 15) is 0 Å². The van der Waals surface area contributed by atoms with Crippen LogP contribution < -0.4 is 10.1 Å². The van der Waals surface area contributed by atoms with Crippen LogP contribution in [0.5, 0.6) is 5.75 Å². The maximum Gasteiger partial charge on any atom is 0.119 e. The summed E-state index contributed by atoms with van der Waals surface area (Å²) in [4.78, 5) is 0. The Balaban J connectivity index is 1.69. The molecule has 0 atom stereocenters. The Morgan fingerprint density at radius 1 is 1.11 bits per heavy atom. The molecule has 0 aliphatic carbocycles. The zero-order valence-electron chi connectivity index (χ0n) is 11.0. The number of halogens is 1. The molecule has 100 valence electrons. The van der Waals surface area contributed by atoms with Crippen LogP contribution in [0.2, 0.25) is 0 Å². The molecular weight excluding hydrogens is 302 g/mol. The molecule has 0 radical (unpaired) electrons. The molecule has 3 heteroatoms. The van der Waals surface area contributed by atoms with Gasteiger partial charge in [0.15, 0.2) is 0 Å². The number of rotatable bonds is 6. The van der Waals surface area contributed by atoms with E-state index in [-0.39, 0.29) is 0 Å². The quantitative estimate of drug-likeness (QED) is 0.783. The normalized spacial score (nSPS) is 10.2. The van der Waals surface area contributed by atoms with E-state index in [1.807, 2.05) is 30.3 Å². The lowest BCUT2D eigenvalue weighted by Crippen LogP contribution is -2.07. The summed E-state index contributed by atoms with van der Waals surface area (Å²) in [5.41, 5.74) is 2.38. The first-order chi connectivity index (χ1) is 9.25. The number of aryl methyl sites for hydroxylation is 1. The highest BCUT2D eigenvalue weighted by atomic mass is 79.9. The molecule has 0 unspecified atom stereocenters. The molecular formula is C16H18BrNO. The van der Waals surface area contributed by atoms with E-state index < -0.39 is 0 Å². The summed E-state index contributed by atoms with van der Waals surface area (Å²) in [5.74, 6) is 0.930. The van der Waals surface area contributed by atoms with E-state index >= 15 is 0 Å². The minimum atomic E-state index is 0.723. The van der Waals surface area contributed by atoms with Crippen molar-refractivity contribution < 1.29 is 4.74 Å². The molecule has 0 aliphatic rings. The van der Waals surface area contributed by atoms with Crippen molar-refractivity contribution in [2.24, 2.45) is 0 Å². The van der Waals surface area contributed by atoms with Crippen molar-refractivity contribution in [3.05, 3.63) is 58.6 Å². The third-order valence-corrected chi connectivity index (χ3v) is 3.43. The number of ether oxygens (including phenoxy) is 1. The third kappa shape index (κ3) is 4.60. The van der Waals surface area contributed by atoms with E-state index in [1.54, 1.807) is 0 Å². The molecule has 0 heterocycles. The van der Waals surface area contributed by atoms with Crippen LogP contribution in [-0.4, -0.2) is 13.2 Å². The SMILES string of the molecule is Cc1ccc(NCCCOc2ccccc2)c(Br)c1. The summed E-state index contributed by atoms with van der Waals surface area (Å²) in [6, 6.07) is 16.2. The fraction of sp³-hybridized carbons (Fsp3) is 0.250. The van der Waals surface area contributed by atoms with Gasteiger partial charge in [-0.15, -0.1) is 0 Å². The van der Waals surface area contributed by atoms with Gasteiger partial charge in [0.1, 0.15) is 5.75 Å². The third-order valence-electron chi connectivity index (χ3n) is 2.77. The molecule has 0 saturated carbocycles. The zero-order valence-corrected chi connectivity index (χ0v) is 12.6. The number of hydrogen-bond acceptors (Lipinski definition) is 2. The number of hydrogen-bond donors (Lipinski definition) is 1. The zero-order chi connectivity index (χ0) is 13.5. The van der Waals surface area contributed by atoms with Gasteiger partial charge in [0, 0.05) is 16.7 Å². The van der Waals surface area contributed by atoms with Gasteiger partial charge < -0.3 is 10.1 Å². The van der Waals surface area contributed by atoms with Crippen LogP contribution in [0.15, 0.2) is 53.0 Å². The lowest BCUT2D eigenvalue weighted by atomic mass is 10.2. The minimum Gasteiger partial charge on any atom is -0.494 e. The predicted octanol–water partition coefficient (Wildman–Crippen LogP) is 4.64. The lowest BCUT2D eigenvalue weighted by molar-refractivity contribution is 0.315. The monoisotopic (exact) mass is 319 g/mol. The molecule has 2 nitrogen and oxygen atoms in total. The van der Waals surface area contributed by atoms with Crippen LogP contribution in [0.3, 0.4) is 0 Å². The van der Waals surface area contributed by atoms with Gasteiger partial charge in [-0.1, -0.05) is 24.3 Å². The number of para-hydroxylation sites is 1. The largest absolute Gasteiger partial charge is 0.494 e. The Hall–Kier alpha value is -1.48. The summed E-state index contributed by atoms with van der Waals surface area (Å²) in [6.07, 6.45) is 0.967. The molecule has 2 aromatic carbocycles. The Labute approximate surface area is 122 Å². The summed E-state index contributed by atoms with van der Waals surface area (Å²) >= 11 is 3.56. The highest BCUT2D eigenvalue weighted by molar-refractivity contribution is 9.10. The van der Waals surface area contributed by atoms with Crippen LogP contribution in [0.25, 0.3) is 0 Å². The van der Waals surface area contributed by atoms with Gasteiger partial charge in [-0.05, 0) is 59.1 Å². The Morgan fingerprint density at radius 3 is 2.63 bits per heavy atom. The van der Waals surface area contributed by atoms with Crippen molar-refractivity contribution in [3.63, 3.8) is 0 Å². The molecule has 0 aliphatic heterocycles. The maximum absolute atomic E-state index is 5.64. The smallest absolute Gasteiger partial charge is 0.119 e. The van der Waals surface area contributed by atoms with Gasteiger partial charge >= 0.3 is 0 Å². The predicted molar refractivity (Wildman–Crippen MR) is 83.9 cm³/mol. The number of anilines is 1. The second-order valence-corrected chi connectivity index (χ2v) is 5.28. The number of benzene rings is 2. The first-order valence-electron chi connectivity index (χ1n) is 6.43. The van der Waals surface area contributed by atoms with Gasteiger partial charge in [0.05, 0.1) is 6.61 Å². The van der Waals surface area contributed by atoms with E-state index in [1.165, 1.54) is 5.56 Å². The Bertz CT molecular complexity index is 513. The number of nitrogens with one attached hydrogen (secondary N) is 1. The first kappa shape index (κ1) is 13.9. The van der Waals surface area contributed by atoms with Crippen molar-refractivity contribution in [3.8, 4) is 5.75 Å². The summed E-state index contributed by atoms with van der Waals surface area (Å²) in [7, 11) is 0. The second-order valence-electron chi connectivity index (χ2n) is 4.43. The van der Waals surface area contributed by atoms with E-state index in [4.69, 9.17) is 4.74 Å². The minimum absolute atomic E-state index is 0.723. The highest BCUT2D eigenvalue weighted by Crippen LogP contribution is 2.23. The van der Waals surface area contributed by atoms with Crippen LogP contribution in [0.4, 0.5) is 5.69 Å². The Kier molecular flexibility index (Phi) is 5.28. The molecule has 2 aromatic rings. The van der Waals surface area contributed by atoms with Gasteiger partial charge in [-0.2, -0.15) is 0 Å². The molecule has 2 rings (SSSR count). The van der Waals surface area contributed by atoms with Gasteiger partial charge in [0.25, 0.3) is 0 Å². The van der Waals surface area contributed by atoms with E-state index in [0.29, 0.717) is 0 Å². The molecule has 0 saturated heterocycles. The van der Waals surface area contributed by atoms with E-state index in [0.717, 1.165) is 35.5 Å².